The van der Waals surface area contributed by atoms with E-state index in [1.807, 2.05) is 0 Å². The van der Waals surface area contributed by atoms with Gasteiger partial charge in [-0.3, -0.25) is 14.3 Å². The predicted molar refractivity (Wildman–Crippen MR) is 69.8 cm³/mol. The molecule has 1 aromatic rings. The van der Waals surface area contributed by atoms with Crippen molar-refractivity contribution in [2.45, 2.75) is 12.6 Å². The Morgan fingerprint density at radius 3 is 3.00 bits per heavy atom. The summed E-state index contributed by atoms with van der Waals surface area (Å²) in [5.41, 5.74) is -1.02. The molecule has 0 saturated heterocycles. The lowest BCUT2D eigenvalue weighted by Gasteiger charge is -2.13. The van der Waals surface area contributed by atoms with Gasteiger partial charge in [0.25, 0.3) is 5.56 Å². The average molecular weight is 322 g/mol. The molecule has 0 radical (unpaired) electrons. The van der Waals surface area contributed by atoms with Gasteiger partial charge in [-0.25, -0.2) is 4.79 Å². The molecule has 0 bridgehead atoms. The summed E-state index contributed by atoms with van der Waals surface area (Å²) in [6.07, 6.45) is 0.636. The van der Waals surface area contributed by atoms with Gasteiger partial charge in [-0.15, -0.1) is 0 Å². The number of ether oxygens (including phenoxy) is 1. The van der Waals surface area contributed by atoms with Crippen molar-refractivity contribution < 1.29 is 9.84 Å². The lowest BCUT2D eigenvalue weighted by molar-refractivity contribution is 0.142. The average Bonchev–Trinajstić information content (AvgIpc) is 2.32. The minimum atomic E-state index is -0.725. The first-order valence-electron chi connectivity index (χ1n) is 5.41. The van der Waals surface area contributed by atoms with Crippen molar-refractivity contribution in [1.82, 2.24) is 14.9 Å². The van der Waals surface area contributed by atoms with Crippen LogP contribution in [0.15, 0.2) is 20.3 Å². The van der Waals surface area contributed by atoms with Crippen LogP contribution in [0.2, 0.25) is 0 Å². The number of hydrogen-bond acceptors (Lipinski definition) is 5. The van der Waals surface area contributed by atoms with Crippen molar-refractivity contribution in [3.05, 3.63) is 31.5 Å². The summed E-state index contributed by atoms with van der Waals surface area (Å²) in [6, 6.07) is 0. The Morgan fingerprint density at radius 1 is 1.61 bits per heavy atom. The number of halogens is 1. The maximum atomic E-state index is 11.4. The molecule has 0 spiro atoms. The van der Waals surface area contributed by atoms with Gasteiger partial charge in [0.1, 0.15) is 0 Å². The van der Waals surface area contributed by atoms with Crippen LogP contribution in [-0.4, -0.2) is 47.6 Å². The molecule has 0 fully saturated rings. The second-order valence-corrected chi connectivity index (χ2v) is 4.59. The molecule has 0 aliphatic rings. The van der Waals surface area contributed by atoms with Gasteiger partial charge in [0.05, 0.1) is 23.7 Å². The highest BCUT2D eigenvalue weighted by Crippen LogP contribution is 1.98. The van der Waals surface area contributed by atoms with E-state index in [2.05, 4.69) is 26.2 Å². The molecular formula is C10H16BrN3O4. The van der Waals surface area contributed by atoms with E-state index in [1.165, 1.54) is 10.8 Å². The molecule has 0 aliphatic carbocycles. The van der Waals surface area contributed by atoms with Crippen LogP contribution in [0.1, 0.15) is 0 Å². The van der Waals surface area contributed by atoms with E-state index in [4.69, 9.17) is 4.74 Å². The predicted octanol–water partition coefficient (Wildman–Crippen LogP) is -1.10. The third-order valence-electron chi connectivity index (χ3n) is 2.24. The number of hydrogen-bond donors (Lipinski definition) is 3. The third-order valence-corrected chi connectivity index (χ3v) is 2.80. The second-order valence-electron chi connectivity index (χ2n) is 3.74. The number of aromatic amines is 1. The molecule has 0 aliphatic heterocycles. The number of aliphatic hydroxyl groups is 1. The maximum Gasteiger partial charge on any atom is 0.328 e. The molecule has 1 aromatic heterocycles. The number of nitrogens with zero attached hydrogens (tertiary/aromatic N) is 1. The van der Waals surface area contributed by atoms with E-state index in [-0.39, 0.29) is 11.0 Å². The molecule has 8 heteroatoms. The number of nitrogens with one attached hydrogen (secondary N) is 2. The molecule has 1 heterocycles. The number of H-pyrrole nitrogens is 1. The maximum absolute atomic E-state index is 11.4. The van der Waals surface area contributed by atoms with Gasteiger partial charge in [0, 0.05) is 26.4 Å². The minimum Gasteiger partial charge on any atom is -0.390 e. The molecule has 18 heavy (non-hydrogen) atoms. The fourth-order valence-electron chi connectivity index (χ4n) is 1.35. The monoisotopic (exact) mass is 321 g/mol. The fourth-order valence-corrected chi connectivity index (χ4v) is 1.70. The van der Waals surface area contributed by atoms with Gasteiger partial charge >= 0.3 is 5.69 Å². The molecule has 0 aromatic carbocycles. The SMILES string of the molecule is COCCNCC(O)Cn1cc(Br)c(=O)[nH]c1=O. The van der Waals surface area contributed by atoms with E-state index >= 15 is 0 Å². The zero-order chi connectivity index (χ0) is 13.5. The van der Waals surface area contributed by atoms with Crippen LogP contribution in [0.25, 0.3) is 0 Å². The van der Waals surface area contributed by atoms with Gasteiger partial charge < -0.3 is 15.2 Å². The van der Waals surface area contributed by atoms with E-state index in [0.717, 1.165) is 0 Å². The Labute approximate surface area is 112 Å². The first-order chi connectivity index (χ1) is 8.54. The largest absolute Gasteiger partial charge is 0.390 e. The van der Waals surface area contributed by atoms with Crippen LogP contribution in [0.3, 0.4) is 0 Å². The number of aliphatic hydroxyl groups excluding tert-OH is 1. The standard InChI is InChI=1S/C10H16BrN3O4/c1-18-3-2-12-4-7(15)5-14-6-8(11)9(16)13-10(14)17/h6-7,12,15H,2-5H2,1H3,(H,13,16,17). The van der Waals surface area contributed by atoms with Gasteiger partial charge in [0.15, 0.2) is 0 Å². The highest BCUT2D eigenvalue weighted by molar-refractivity contribution is 9.10. The van der Waals surface area contributed by atoms with Crippen LogP contribution in [0.5, 0.6) is 0 Å². The molecule has 0 saturated carbocycles. The van der Waals surface area contributed by atoms with E-state index in [9.17, 15) is 14.7 Å². The van der Waals surface area contributed by atoms with Gasteiger partial charge in [0.2, 0.25) is 0 Å². The molecule has 102 valence electrons. The van der Waals surface area contributed by atoms with Gasteiger partial charge in [-0.05, 0) is 15.9 Å². The van der Waals surface area contributed by atoms with Crippen LogP contribution in [0.4, 0.5) is 0 Å². The Bertz CT molecular complexity index is 485. The van der Waals surface area contributed by atoms with E-state index < -0.39 is 17.4 Å². The number of methoxy groups -OCH3 is 1. The van der Waals surface area contributed by atoms with E-state index in [1.54, 1.807) is 7.11 Å². The summed E-state index contributed by atoms with van der Waals surface area (Å²) in [7, 11) is 1.59. The Kier molecular flexibility index (Phi) is 6.27. The Morgan fingerprint density at radius 2 is 2.33 bits per heavy atom. The molecule has 0 amide bonds. The normalized spacial score (nSPS) is 12.6. The highest BCUT2D eigenvalue weighted by Gasteiger charge is 2.08. The molecule has 1 rings (SSSR count). The second kappa shape index (κ2) is 7.47. The Balaban J connectivity index is 2.54. The zero-order valence-electron chi connectivity index (χ0n) is 9.98. The van der Waals surface area contributed by atoms with Gasteiger partial charge in [-0.1, -0.05) is 0 Å². The van der Waals surface area contributed by atoms with Crippen LogP contribution in [0, 0.1) is 0 Å². The molecule has 1 atom stereocenters. The van der Waals surface area contributed by atoms with Crippen LogP contribution >= 0.6 is 15.9 Å². The Hall–Kier alpha value is -0.960. The lowest BCUT2D eigenvalue weighted by Crippen LogP contribution is -2.37. The molecule has 7 nitrogen and oxygen atoms in total. The van der Waals surface area contributed by atoms with Gasteiger partial charge in [-0.2, -0.15) is 0 Å². The van der Waals surface area contributed by atoms with E-state index in [0.29, 0.717) is 19.7 Å². The zero-order valence-corrected chi connectivity index (χ0v) is 11.6. The summed E-state index contributed by atoms with van der Waals surface area (Å²) in [4.78, 5) is 24.7. The summed E-state index contributed by atoms with van der Waals surface area (Å²) in [5, 5.41) is 12.7. The summed E-state index contributed by atoms with van der Waals surface area (Å²) in [5.74, 6) is 0. The van der Waals surface area contributed by atoms with Crippen molar-refractivity contribution in [1.29, 1.82) is 0 Å². The lowest BCUT2D eigenvalue weighted by atomic mass is 10.3. The molecule has 1 unspecified atom stereocenters. The fraction of sp³-hybridized carbons (Fsp3) is 0.600. The number of aromatic nitrogens is 2. The smallest absolute Gasteiger partial charge is 0.328 e. The number of rotatable bonds is 7. The molecule has 3 N–H and O–H groups in total. The van der Waals surface area contributed by atoms with Crippen molar-refractivity contribution >= 4 is 15.9 Å². The summed E-state index contributed by atoms with van der Waals surface area (Å²) in [6.45, 7) is 1.62. The minimum absolute atomic E-state index is 0.105. The van der Waals surface area contributed by atoms with Crippen molar-refractivity contribution in [2.24, 2.45) is 0 Å². The topological polar surface area (TPSA) is 96.3 Å². The van der Waals surface area contributed by atoms with Crippen molar-refractivity contribution in [3.63, 3.8) is 0 Å². The third kappa shape index (κ3) is 4.73. The first kappa shape index (κ1) is 15.1. The van der Waals surface area contributed by atoms with Crippen molar-refractivity contribution in [3.8, 4) is 0 Å². The summed E-state index contributed by atoms with van der Waals surface area (Å²) < 4.78 is 6.34. The van der Waals surface area contributed by atoms with Crippen LogP contribution < -0.4 is 16.6 Å². The first-order valence-corrected chi connectivity index (χ1v) is 6.21. The molecular weight excluding hydrogens is 306 g/mol. The summed E-state index contributed by atoms with van der Waals surface area (Å²) >= 11 is 3.03. The van der Waals surface area contributed by atoms with Crippen LogP contribution in [-0.2, 0) is 11.3 Å². The quantitative estimate of drug-likeness (QED) is 0.554. The highest BCUT2D eigenvalue weighted by atomic mass is 79.9. The van der Waals surface area contributed by atoms with Crippen molar-refractivity contribution in [2.75, 3.05) is 26.8 Å².